The molecular weight excluding hydrogens is 439 g/mol. The quantitative estimate of drug-likeness (QED) is 0.185. The van der Waals surface area contributed by atoms with Crippen LogP contribution < -0.4 is 10.6 Å². The van der Waals surface area contributed by atoms with Crippen LogP contribution in [0.4, 0.5) is 27.8 Å². The molecule has 3 rings (SSSR count). The fraction of sp³-hybridized carbons (Fsp3) is 0.316. The zero-order valence-electron chi connectivity index (χ0n) is 16.6. The van der Waals surface area contributed by atoms with Crippen molar-refractivity contribution in [1.29, 1.82) is 0 Å². The number of halogens is 5. The minimum Gasteiger partial charge on any atom is -0.362 e. The van der Waals surface area contributed by atoms with Gasteiger partial charge in [0.25, 0.3) is 0 Å². The highest BCUT2D eigenvalue weighted by molar-refractivity contribution is 7.80. The Hall–Kier alpha value is -3.02. The molecule has 0 fully saturated rings. The molecule has 2 aromatic heterocycles. The summed E-state index contributed by atoms with van der Waals surface area (Å²) >= 11 is 5.17. The van der Waals surface area contributed by atoms with Crippen LogP contribution in [0, 0.1) is 42.9 Å². The van der Waals surface area contributed by atoms with Gasteiger partial charge in [0.15, 0.2) is 34.2 Å². The standard InChI is InChI=1S/C19H19F5N6S/c1-10-8-11(2)30(27-10)6-3-5-25-19(31)26-13-4-7-29(28-13)9-12-14(20)16(22)18(24)17(23)15(12)21/h4,7-8H,3,5-6,9H2,1-2H3,(H2,25,26,28,31). The Labute approximate surface area is 180 Å². The van der Waals surface area contributed by atoms with Crippen molar-refractivity contribution < 1.29 is 22.0 Å². The van der Waals surface area contributed by atoms with E-state index < -0.39 is 41.2 Å². The summed E-state index contributed by atoms with van der Waals surface area (Å²) in [5.74, 6) is -9.71. The van der Waals surface area contributed by atoms with E-state index in [4.69, 9.17) is 12.2 Å². The Kier molecular flexibility index (Phi) is 6.88. The minimum atomic E-state index is -2.20. The van der Waals surface area contributed by atoms with Gasteiger partial charge in [-0.1, -0.05) is 0 Å². The van der Waals surface area contributed by atoms with Crippen molar-refractivity contribution in [3.63, 3.8) is 0 Å². The van der Waals surface area contributed by atoms with E-state index >= 15 is 0 Å². The van der Waals surface area contributed by atoms with Gasteiger partial charge in [0.1, 0.15) is 0 Å². The highest BCUT2D eigenvalue weighted by Crippen LogP contribution is 2.23. The van der Waals surface area contributed by atoms with Gasteiger partial charge in [-0.15, -0.1) is 0 Å². The molecule has 0 bridgehead atoms. The fourth-order valence-corrected chi connectivity index (χ4v) is 3.17. The molecule has 2 heterocycles. The van der Waals surface area contributed by atoms with E-state index in [1.807, 2.05) is 24.6 Å². The van der Waals surface area contributed by atoms with Crippen molar-refractivity contribution in [1.82, 2.24) is 24.9 Å². The highest BCUT2D eigenvalue weighted by atomic mass is 32.1. The van der Waals surface area contributed by atoms with Crippen LogP contribution in [0.15, 0.2) is 18.3 Å². The summed E-state index contributed by atoms with van der Waals surface area (Å²) in [4.78, 5) is 0. The lowest BCUT2D eigenvalue weighted by Crippen LogP contribution is -2.30. The van der Waals surface area contributed by atoms with Crippen molar-refractivity contribution in [3.8, 4) is 0 Å². The molecule has 0 spiro atoms. The molecule has 0 aliphatic carbocycles. The number of aryl methyl sites for hydroxylation is 3. The first kappa shape index (κ1) is 22.7. The van der Waals surface area contributed by atoms with E-state index in [2.05, 4.69) is 20.8 Å². The summed E-state index contributed by atoms with van der Waals surface area (Å²) in [6.07, 6.45) is 2.09. The molecule has 0 aliphatic rings. The Morgan fingerprint density at radius 2 is 1.65 bits per heavy atom. The van der Waals surface area contributed by atoms with E-state index in [9.17, 15) is 22.0 Å². The van der Waals surface area contributed by atoms with Gasteiger partial charge in [-0.2, -0.15) is 10.2 Å². The van der Waals surface area contributed by atoms with Gasteiger partial charge in [-0.3, -0.25) is 9.36 Å². The van der Waals surface area contributed by atoms with Crippen molar-refractivity contribution in [2.24, 2.45) is 0 Å². The SMILES string of the molecule is Cc1cc(C)n(CCCNC(=S)Nc2ccn(Cc3c(F)c(F)c(F)c(F)c3F)n2)n1. The van der Waals surface area contributed by atoms with Gasteiger partial charge < -0.3 is 10.6 Å². The molecule has 31 heavy (non-hydrogen) atoms. The summed E-state index contributed by atoms with van der Waals surface area (Å²) in [5.41, 5.74) is 1.04. The smallest absolute Gasteiger partial charge is 0.200 e. The van der Waals surface area contributed by atoms with E-state index in [0.29, 0.717) is 13.1 Å². The van der Waals surface area contributed by atoms with Gasteiger partial charge in [0.05, 0.1) is 17.8 Å². The van der Waals surface area contributed by atoms with E-state index in [0.717, 1.165) is 22.5 Å². The Balaban J connectivity index is 1.53. The summed E-state index contributed by atoms with van der Waals surface area (Å²) in [5, 5.41) is 14.4. The number of benzene rings is 1. The van der Waals surface area contributed by atoms with Crippen molar-refractivity contribution >= 4 is 23.1 Å². The van der Waals surface area contributed by atoms with Crippen LogP contribution in [0.25, 0.3) is 0 Å². The lowest BCUT2D eigenvalue weighted by atomic mass is 10.1. The van der Waals surface area contributed by atoms with Crippen molar-refractivity contribution in [2.75, 3.05) is 11.9 Å². The maximum atomic E-state index is 13.8. The molecule has 166 valence electrons. The molecule has 0 amide bonds. The summed E-state index contributed by atoms with van der Waals surface area (Å²) in [6, 6.07) is 3.44. The zero-order chi connectivity index (χ0) is 22.7. The van der Waals surface area contributed by atoms with Crippen LogP contribution in [0.2, 0.25) is 0 Å². The Morgan fingerprint density at radius 3 is 2.26 bits per heavy atom. The maximum Gasteiger partial charge on any atom is 0.200 e. The highest BCUT2D eigenvalue weighted by Gasteiger charge is 2.25. The van der Waals surface area contributed by atoms with E-state index in [-0.39, 0.29) is 10.9 Å². The number of aromatic nitrogens is 4. The summed E-state index contributed by atoms with van der Waals surface area (Å²) < 4.78 is 70.4. The lowest BCUT2D eigenvalue weighted by molar-refractivity contribution is 0.367. The van der Waals surface area contributed by atoms with Crippen molar-refractivity contribution in [2.45, 2.75) is 33.4 Å². The first-order valence-corrected chi connectivity index (χ1v) is 9.68. The Bertz CT molecular complexity index is 1080. The van der Waals surface area contributed by atoms with Gasteiger partial charge >= 0.3 is 0 Å². The van der Waals surface area contributed by atoms with Crippen LogP contribution in [-0.4, -0.2) is 31.2 Å². The number of hydrogen-bond acceptors (Lipinski definition) is 3. The monoisotopic (exact) mass is 458 g/mol. The van der Waals surface area contributed by atoms with Crippen LogP contribution in [0.3, 0.4) is 0 Å². The molecular formula is C19H19F5N6S. The molecule has 6 nitrogen and oxygen atoms in total. The number of rotatable bonds is 7. The average Bonchev–Trinajstić information content (AvgIpc) is 3.30. The topological polar surface area (TPSA) is 59.7 Å². The van der Waals surface area contributed by atoms with E-state index in [1.165, 1.54) is 12.3 Å². The molecule has 0 atom stereocenters. The number of nitrogens with zero attached hydrogens (tertiary/aromatic N) is 4. The van der Waals surface area contributed by atoms with Crippen molar-refractivity contribution in [3.05, 3.63) is 64.4 Å². The number of nitrogens with one attached hydrogen (secondary N) is 2. The third-order valence-electron chi connectivity index (χ3n) is 4.44. The molecule has 12 heteroatoms. The number of thiocarbonyl (C=S) groups is 1. The first-order chi connectivity index (χ1) is 14.7. The molecule has 0 unspecified atom stereocenters. The summed E-state index contributed by atoms with van der Waals surface area (Å²) in [6.45, 7) is 4.53. The van der Waals surface area contributed by atoms with E-state index in [1.54, 1.807) is 0 Å². The van der Waals surface area contributed by atoms with Crippen LogP contribution in [0.1, 0.15) is 23.4 Å². The number of hydrogen-bond donors (Lipinski definition) is 2. The molecule has 2 N–H and O–H groups in total. The predicted molar refractivity (Wildman–Crippen MR) is 108 cm³/mol. The van der Waals surface area contributed by atoms with Crippen LogP contribution in [-0.2, 0) is 13.1 Å². The molecule has 1 aromatic carbocycles. The second-order valence-electron chi connectivity index (χ2n) is 6.83. The summed E-state index contributed by atoms with van der Waals surface area (Å²) in [7, 11) is 0. The molecule has 0 aliphatic heterocycles. The Morgan fingerprint density at radius 1 is 1.00 bits per heavy atom. The second kappa shape index (κ2) is 9.41. The minimum absolute atomic E-state index is 0.250. The second-order valence-corrected chi connectivity index (χ2v) is 7.24. The van der Waals surface area contributed by atoms with Crippen LogP contribution in [0.5, 0.6) is 0 Å². The zero-order valence-corrected chi connectivity index (χ0v) is 17.5. The lowest BCUT2D eigenvalue weighted by Gasteiger charge is -2.10. The molecule has 0 saturated heterocycles. The van der Waals surface area contributed by atoms with Gasteiger partial charge in [-0.05, 0) is 38.6 Å². The largest absolute Gasteiger partial charge is 0.362 e. The number of anilines is 1. The third kappa shape index (κ3) is 5.19. The maximum absolute atomic E-state index is 13.8. The molecule has 3 aromatic rings. The van der Waals surface area contributed by atoms with Gasteiger partial charge in [-0.25, -0.2) is 22.0 Å². The van der Waals surface area contributed by atoms with Gasteiger partial charge in [0, 0.05) is 31.0 Å². The third-order valence-corrected chi connectivity index (χ3v) is 4.69. The van der Waals surface area contributed by atoms with Crippen LogP contribution >= 0.6 is 12.2 Å². The van der Waals surface area contributed by atoms with Gasteiger partial charge in [0.2, 0.25) is 5.82 Å². The fourth-order valence-electron chi connectivity index (χ4n) is 2.96. The molecule has 0 radical (unpaired) electrons. The normalized spacial score (nSPS) is 11.1. The molecule has 0 saturated carbocycles. The first-order valence-electron chi connectivity index (χ1n) is 9.27. The predicted octanol–water partition coefficient (Wildman–Crippen LogP) is 3.82. The average molecular weight is 458 g/mol.